The molecule has 1 heterocycles. The van der Waals surface area contributed by atoms with Crippen LogP contribution in [0.1, 0.15) is 6.92 Å². The minimum Gasteiger partial charge on any atom is -0.325 e. The molecule has 4 nitrogen and oxygen atoms in total. The minimum atomic E-state index is -0.0342. The molecule has 0 atom stereocenters. The van der Waals surface area contributed by atoms with Gasteiger partial charge in [-0.05, 0) is 18.7 Å². The van der Waals surface area contributed by atoms with E-state index in [4.69, 9.17) is 0 Å². The molecule has 0 unspecified atom stereocenters. The highest BCUT2D eigenvalue weighted by molar-refractivity contribution is 5.92. The number of amides is 1. The zero-order valence-electron chi connectivity index (χ0n) is 7.58. The van der Waals surface area contributed by atoms with E-state index in [2.05, 4.69) is 15.6 Å². The lowest BCUT2D eigenvalue weighted by Crippen LogP contribution is -2.27. The van der Waals surface area contributed by atoms with Crippen LogP contribution in [0.25, 0.3) is 0 Å². The summed E-state index contributed by atoms with van der Waals surface area (Å²) < 4.78 is 0. The van der Waals surface area contributed by atoms with Crippen LogP contribution in [0, 0.1) is 0 Å². The van der Waals surface area contributed by atoms with Crippen LogP contribution in [-0.4, -0.2) is 24.0 Å². The Morgan fingerprint density at radius 2 is 2.15 bits per heavy atom. The number of carbonyl (C=O) groups is 1. The van der Waals surface area contributed by atoms with E-state index in [9.17, 15) is 4.79 Å². The monoisotopic (exact) mass is 179 g/mol. The normalized spacial score (nSPS) is 9.62. The van der Waals surface area contributed by atoms with Crippen LogP contribution in [0.2, 0.25) is 0 Å². The molecule has 70 valence electrons. The molecule has 2 N–H and O–H groups in total. The molecule has 0 aliphatic heterocycles. The van der Waals surface area contributed by atoms with E-state index in [1.165, 1.54) is 0 Å². The maximum atomic E-state index is 11.2. The molecule has 0 aliphatic rings. The Balaban J connectivity index is 2.37. The van der Waals surface area contributed by atoms with Gasteiger partial charge in [-0.15, -0.1) is 0 Å². The number of rotatable bonds is 4. The van der Waals surface area contributed by atoms with Crippen molar-refractivity contribution in [2.75, 3.05) is 18.4 Å². The van der Waals surface area contributed by atoms with Crippen molar-refractivity contribution in [1.29, 1.82) is 0 Å². The lowest BCUT2D eigenvalue weighted by Gasteiger charge is -2.04. The maximum Gasteiger partial charge on any atom is 0.238 e. The van der Waals surface area contributed by atoms with Gasteiger partial charge in [-0.2, -0.15) is 0 Å². The quantitative estimate of drug-likeness (QED) is 0.712. The van der Waals surface area contributed by atoms with Gasteiger partial charge in [0.25, 0.3) is 0 Å². The maximum absolute atomic E-state index is 11.2. The predicted molar refractivity (Wildman–Crippen MR) is 51.4 cm³/mol. The first kappa shape index (κ1) is 9.67. The summed E-state index contributed by atoms with van der Waals surface area (Å²) in [6.45, 7) is 3.10. The fraction of sp³-hybridized carbons (Fsp3) is 0.333. The average Bonchev–Trinajstić information content (AvgIpc) is 2.16. The molecule has 0 aliphatic carbocycles. The van der Waals surface area contributed by atoms with Gasteiger partial charge in [0.15, 0.2) is 0 Å². The fourth-order valence-corrected chi connectivity index (χ4v) is 0.879. The third-order valence-electron chi connectivity index (χ3n) is 1.50. The highest BCUT2D eigenvalue weighted by Gasteiger charge is 1.99. The third kappa shape index (κ3) is 3.66. The number of nitrogens with zero attached hydrogens (tertiary/aromatic N) is 1. The fourth-order valence-electron chi connectivity index (χ4n) is 0.879. The smallest absolute Gasteiger partial charge is 0.238 e. The van der Waals surface area contributed by atoms with Gasteiger partial charge in [0.05, 0.1) is 6.54 Å². The number of anilines is 1. The second-order valence-electron chi connectivity index (χ2n) is 2.56. The summed E-state index contributed by atoms with van der Waals surface area (Å²) in [5, 5.41) is 5.68. The van der Waals surface area contributed by atoms with Gasteiger partial charge in [-0.1, -0.05) is 6.92 Å². The summed E-state index contributed by atoms with van der Waals surface area (Å²) >= 11 is 0. The van der Waals surface area contributed by atoms with Crippen LogP contribution in [-0.2, 0) is 4.79 Å². The SMILES string of the molecule is CCNCC(=O)Nc1ccncc1. The van der Waals surface area contributed by atoms with Crippen molar-refractivity contribution in [2.45, 2.75) is 6.92 Å². The van der Waals surface area contributed by atoms with Crippen molar-refractivity contribution >= 4 is 11.6 Å². The van der Waals surface area contributed by atoms with E-state index >= 15 is 0 Å². The van der Waals surface area contributed by atoms with Gasteiger partial charge in [0.2, 0.25) is 5.91 Å². The van der Waals surface area contributed by atoms with Gasteiger partial charge in [-0.3, -0.25) is 9.78 Å². The predicted octanol–water partition coefficient (Wildman–Crippen LogP) is 0.630. The molecule has 1 amide bonds. The Morgan fingerprint density at radius 1 is 1.46 bits per heavy atom. The second-order valence-corrected chi connectivity index (χ2v) is 2.56. The highest BCUT2D eigenvalue weighted by Crippen LogP contribution is 2.01. The number of hydrogen-bond donors (Lipinski definition) is 2. The molecule has 13 heavy (non-hydrogen) atoms. The lowest BCUT2D eigenvalue weighted by molar-refractivity contribution is -0.115. The number of hydrogen-bond acceptors (Lipinski definition) is 3. The van der Waals surface area contributed by atoms with E-state index in [0.29, 0.717) is 6.54 Å². The van der Waals surface area contributed by atoms with E-state index in [-0.39, 0.29) is 5.91 Å². The zero-order valence-corrected chi connectivity index (χ0v) is 7.58. The van der Waals surface area contributed by atoms with E-state index in [1.807, 2.05) is 6.92 Å². The van der Waals surface area contributed by atoms with Crippen molar-refractivity contribution in [3.05, 3.63) is 24.5 Å². The summed E-state index contributed by atoms with van der Waals surface area (Å²) in [7, 11) is 0. The number of carbonyl (C=O) groups excluding carboxylic acids is 1. The molecule has 0 bridgehead atoms. The van der Waals surface area contributed by atoms with Gasteiger partial charge < -0.3 is 10.6 Å². The van der Waals surface area contributed by atoms with Crippen LogP contribution in [0.5, 0.6) is 0 Å². The molecule has 4 heteroatoms. The molecule has 0 radical (unpaired) electrons. The van der Waals surface area contributed by atoms with Crippen LogP contribution in [0.15, 0.2) is 24.5 Å². The zero-order chi connectivity index (χ0) is 9.52. The Hall–Kier alpha value is -1.42. The molecule has 1 aromatic heterocycles. The molecule has 0 spiro atoms. The molecule has 1 aromatic rings. The van der Waals surface area contributed by atoms with Crippen molar-refractivity contribution in [2.24, 2.45) is 0 Å². The number of nitrogens with one attached hydrogen (secondary N) is 2. The topological polar surface area (TPSA) is 54.0 Å². The van der Waals surface area contributed by atoms with Gasteiger partial charge in [0, 0.05) is 18.1 Å². The third-order valence-corrected chi connectivity index (χ3v) is 1.50. The summed E-state index contributed by atoms with van der Waals surface area (Å²) in [5.41, 5.74) is 0.776. The molecular formula is C9H13N3O. The average molecular weight is 179 g/mol. The van der Waals surface area contributed by atoms with Gasteiger partial charge in [-0.25, -0.2) is 0 Å². The highest BCUT2D eigenvalue weighted by atomic mass is 16.1. The first-order valence-corrected chi connectivity index (χ1v) is 4.23. The number of aromatic nitrogens is 1. The minimum absolute atomic E-state index is 0.0342. The Kier molecular flexibility index (Phi) is 3.92. The Morgan fingerprint density at radius 3 is 2.77 bits per heavy atom. The number of pyridine rings is 1. The molecule has 0 aromatic carbocycles. The Bertz CT molecular complexity index is 261. The standard InChI is InChI=1S/C9H13N3O/c1-2-10-7-9(13)12-8-3-5-11-6-4-8/h3-6,10H,2,7H2,1H3,(H,11,12,13). The van der Waals surface area contributed by atoms with Crippen LogP contribution < -0.4 is 10.6 Å². The summed E-state index contributed by atoms with van der Waals surface area (Å²) in [6.07, 6.45) is 3.28. The molecular weight excluding hydrogens is 166 g/mol. The van der Waals surface area contributed by atoms with E-state index in [0.717, 1.165) is 12.2 Å². The Labute approximate surface area is 77.4 Å². The van der Waals surface area contributed by atoms with Gasteiger partial charge >= 0.3 is 0 Å². The molecule has 0 fully saturated rings. The van der Waals surface area contributed by atoms with Crippen LogP contribution >= 0.6 is 0 Å². The van der Waals surface area contributed by atoms with Crippen LogP contribution in [0.4, 0.5) is 5.69 Å². The second kappa shape index (κ2) is 5.27. The van der Waals surface area contributed by atoms with Crippen molar-refractivity contribution in [1.82, 2.24) is 10.3 Å². The van der Waals surface area contributed by atoms with E-state index < -0.39 is 0 Å². The first-order valence-electron chi connectivity index (χ1n) is 4.23. The van der Waals surface area contributed by atoms with Crippen LogP contribution in [0.3, 0.4) is 0 Å². The summed E-state index contributed by atoms with van der Waals surface area (Å²) in [4.78, 5) is 15.0. The molecule has 0 saturated carbocycles. The van der Waals surface area contributed by atoms with Crippen molar-refractivity contribution in [3.8, 4) is 0 Å². The summed E-state index contributed by atoms with van der Waals surface area (Å²) in [5.74, 6) is -0.0342. The van der Waals surface area contributed by atoms with Gasteiger partial charge in [0.1, 0.15) is 0 Å². The summed E-state index contributed by atoms with van der Waals surface area (Å²) in [6, 6.07) is 3.51. The van der Waals surface area contributed by atoms with E-state index in [1.54, 1.807) is 24.5 Å². The largest absolute Gasteiger partial charge is 0.325 e. The van der Waals surface area contributed by atoms with Crippen molar-refractivity contribution < 1.29 is 4.79 Å². The van der Waals surface area contributed by atoms with Crippen molar-refractivity contribution in [3.63, 3.8) is 0 Å². The first-order chi connectivity index (χ1) is 6.33. The lowest BCUT2D eigenvalue weighted by atomic mass is 10.4. The number of likely N-dealkylation sites (N-methyl/N-ethyl adjacent to an activating group) is 1. The molecule has 0 saturated heterocycles. The molecule has 1 rings (SSSR count).